The second kappa shape index (κ2) is 6.18. The summed E-state index contributed by atoms with van der Waals surface area (Å²) in [7, 11) is 0. The Morgan fingerprint density at radius 2 is 1.80 bits per heavy atom. The van der Waals surface area contributed by atoms with E-state index in [9.17, 15) is 9.18 Å². The predicted octanol–water partition coefficient (Wildman–Crippen LogP) is 2.86. The molecule has 2 rings (SSSR count). The van der Waals surface area contributed by atoms with E-state index in [1.807, 2.05) is 20.8 Å². The average Bonchev–Trinajstić information content (AvgIpc) is 2.38. The van der Waals surface area contributed by atoms with E-state index in [-0.39, 0.29) is 23.9 Å². The molecule has 0 unspecified atom stereocenters. The van der Waals surface area contributed by atoms with E-state index >= 15 is 0 Å². The summed E-state index contributed by atoms with van der Waals surface area (Å²) >= 11 is 0. The van der Waals surface area contributed by atoms with Gasteiger partial charge in [-0.15, -0.1) is 0 Å². The van der Waals surface area contributed by atoms with Crippen LogP contribution in [0.3, 0.4) is 0 Å². The molecule has 1 fully saturated rings. The molecule has 1 amide bonds. The highest BCUT2D eigenvalue weighted by molar-refractivity contribution is 5.94. The quantitative estimate of drug-likeness (QED) is 0.778. The average molecular weight is 277 g/mol. The molecule has 1 heterocycles. The summed E-state index contributed by atoms with van der Waals surface area (Å²) in [4.78, 5) is 14.1. The summed E-state index contributed by atoms with van der Waals surface area (Å²) in [5, 5.41) is 0. The van der Waals surface area contributed by atoms with Crippen LogP contribution < -0.4 is 0 Å². The first-order valence-corrected chi connectivity index (χ1v) is 6.84. The maximum Gasteiger partial charge on any atom is 0.247 e. The lowest BCUT2D eigenvalue weighted by molar-refractivity contribution is -0.137. The lowest BCUT2D eigenvalue weighted by Gasteiger charge is -2.34. The summed E-state index contributed by atoms with van der Waals surface area (Å²) < 4.78 is 18.5. The summed E-state index contributed by atoms with van der Waals surface area (Å²) in [6, 6.07) is 6.16. The van der Waals surface area contributed by atoms with Crippen LogP contribution in [0, 0.1) is 5.82 Å². The fourth-order valence-electron chi connectivity index (χ4n) is 2.43. The van der Waals surface area contributed by atoms with Crippen molar-refractivity contribution >= 4 is 11.5 Å². The number of halogens is 1. The molecule has 1 aliphatic heterocycles. The molecule has 108 valence electrons. The molecule has 4 heteroatoms. The van der Waals surface area contributed by atoms with Gasteiger partial charge in [-0.25, -0.2) is 4.39 Å². The van der Waals surface area contributed by atoms with Crippen LogP contribution in [0.4, 0.5) is 4.39 Å². The van der Waals surface area contributed by atoms with Gasteiger partial charge in [0.1, 0.15) is 5.82 Å². The van der Waals surface area contributed by atoms with E-state index in [4.69, 9.17) is 4.74 Å². The number of benzene rings is 1. The monoisotopic (exact) mass is 277 g/mol. The highest BCUT2D eigenvalue weighted by Crippen LogP contribution is 2.16. The molecule has 1 aromatic rings. The zero-order valence-corrected chi connectivity index (χ0v) is 12.1. The van der Waals surface area contributed by atoms with Crippen LogP contribution in [0.2, 0.25) is 0 Å². The third-order valence-corrected chi connectivity index (χ3v) is 3.37. The predicted molar refractivity (Wildman–Crippen MR) is 76.6 cm³/mol. The van der Waals surface area contributed by atoms with Gasteiger partial charge in [-0.05, 0) is 44.0 Å². The van der Waals surface area contributed by atoms with Crippen molar-refractivity contribution in [2.24, 2.45) is 0 Å². The minimum atomic E-state index is -0.274. The fraction of sp³-hybridized carbons (Fsp3) is 0.438. The Bertz CT molecular complexity index is 500. The van der Waals surface area contributed by atoms with Gasteiger partial charge in [-0.2, -0.15) is 0 Å². The molecule has 0 saturated carbocycles. The molecule has 0 bridgehead atoms. The third-order valence-electron chi connectivity index (χ3n) is 3.37. The van der Waals surface area contributed by atoms with Crippen LogP contribution in [0.25, 0.3) is 5.57 Å². The van der Waals surface area contributed by atoms with Gasteiger partial charge in [0.25, 0.3) is 0 Å². The molecular weight excluding hydrogens is 257 g/mol. The highest BCUT2D eigenvalue weighted by Gasteiger charge is 2.24. The van der Waals surface area contributed by atoms with E-state index in [1.54, 1.807) is 23.1 Å². The molecule has 0 aliphatic carbocycles. The lowest BCUT2D eigenvalue weighted by atomic mass is 10.1. The number of ether oxygens (including phenoxy) is 1. The zero-order chi connectivity index (χ0) is 14.7. The van der Waals surface area contributed by atoms with Crippen LogP contribution >= 0.6 is 0 Å². The minimum absolute atomic E-state index is 0.0196. The first-order valence-electron chi connectivity index (χ1n) is 6.84. The first kappa shape index (κ1) is 14.7. The Hall–Kier alpha value is -1.68. The number of carbonyl (C=O) groups excluding carboxylic acids is 1. The standard InChI is InChI=1S/C16H20FNO2/c1-11(14-4-6-15(17)7-5-14)8-16(19)18-9-12(2)20-13(3)10-18/h4-8,12-13H,9-10H2,1-3H3/b11-8-/t12-,13-/m1/s1. The summed E-state index contributed by atoms with van der Waals surface area (Å²) in [6.45, 7) is 7.00. The van der Waals surface area contributed by atoms with Crippen molar-refractivity contribution in [1.82, 2.24) is 4.90 Å². The molecule has 1 aromatic carbocycles. The van der Waals surface area contributed by atoms with Crippen molar-refractivity contribution in [3.05, 3.63) is 41.7 Å². The lowest BCUT2D eigenvalue weighted by Crippen LogP contribution is -2.47. The van der Waals surface area contributed by atoms with E-state index in [1.165, 1.54) is 12.1 Å². The maximum absolute atomic E-state index is 12.9. The largest absolute Gasteiger partial charge is 0.372 e. The Labute approximate surface area is 119 Å². The molecule has 0 spiro atoms. The normalized spacial score (nSPS) is 23.8. The Kier molecular flexibility index (Phi) is 4.55. The molecule has 0 aromatic heterocycles. The van der Waals surface area contributed by atoms with E-state index < -0.39 is 0 Å². The number of rotatable bonds is 2. The van der Waals surface area contributed by atoms with Crippen molar-refractivity contribution in [1.29, 1.82) is 0 Å². The Morgan fingerprint density at radius 1 is 1.25 bits per heavy atom. The van der Waals surface area contributed by atoms with Gasteiger partial charge in [0, 0.05) is 19.2 Å². The molecule has 1 saturated heterocycles. The second-order valence-electron chi connectivity index (χ2n) is 5.33. The van der Waals surface area contributed by atoms with E-state index in [0.29, 0.717) is 13.1 Å². The van der Waals surface area contributed by atoms with Gasteiger partial charge in [0.2, 0.25) is 5.91 Å². The van der Waals surface area contributed by atoms with Crippen LogP contribution in [-0.4, -0.2) is 36.1 Å². The molecule has 20 heavy (non-hydrogen) atoms. The van der Waals surface area contributed by atoms with Gasteiger partial charge >= 0.3 is 0 Å². The number of hydrogen-bond donors (Lipinski definition) is 0. The van der Waals surface area contributed by atoms with Crippen molar-refractivity contribution in [2.75, 3.05) is 13.1 Å². The summed E-state index contributed by atoms with van der Waals surface area (Å²) in [5.74, 6) is -0.294. The summed E-state index contributed by atoms with van der Waals surface area (Å²) in [6.07, 6.45) is 1.72. The smallest absolute Gasteiger partial charge is 0.247 e. The molecule has 1 aliphatic rings. The number of hydrogen-bond acceptors (Lipinski definition) is 2. The maximum atomic E-state index is 12.9. The van der Waals surface area contributed by atoms with Gasteiger partial charge < -0.3 is 9.64 Å². The molecule has 3 nitrogen and oxygen atoms in total. The van der Waals surface area contributed by atoms with E-state index in [0.717, 1.165) is 11.1 Å². The van der Waals surface area contributed by atoms with Crippen molar-refractivity contribution in [3.63, 3.8) is 0 Å². The Balaban J connectivity index is 2.09. The van der Waals surface area contributed by atoms with E-state index in [2.05, 4.69) is 0 Å². The molecule has 0 radical (unpaired) electrons. The molecular formula is C16H20FNO2. The van der Waals surface area contributed by atoms with Crippen molar-refractivity contribution < 1.29 is 13.9 Å². The van der Waals surface area contributed by atoms with Crippen LogP contribution in [-0.2, 0) is 9.53 Å². The van der Waals surface area contributed by atoms with Crippen molar-refractivity contribution in [2.45, 2.75) is 33.0 Å². The van der Waals surface area contributed by atoms with Crippen molar-refractivity contribution in [3.8, 4) is 0 Å². The highest BCUT2D eigenvalue weighted by atomic mass is 19.1. The van der Waals surface area contributed by atoms with Gasteiger partial charge in [-0.1, -0.05) is 12.1 Å². The van der Waals surface area contributed by atoms with Gasteiger partial charge in [0.15, 0.2) is 0 Å². The van der Waals surface area contributed by atoms with Gasteiger partial charge in [0.05, 0.1) is 12.2 Å². The molecule has 0 N–H and O–H groups in total. The number of carbonyl (C=O) groups is 1. The number of allylic oxidation sites excluding steroid dienone is 1. The second-order valence-corrected chi connectivity index (χ2v) is 5.33. The topological polar surface area (TPSA) is 29.5 Å². The number of morpholine rings is 1. The SMILES string of the molecule is C/C(=C/C(=O)N1C[C@@H](C)O[C@H](C)C1)c1ccc(F)cc1. The van der Waals surface area contributed by atoms with Crippen LogP contribution in [0.5, 0.6) is 0 Å². The zero-order valence-electron chi connectivity index (χ0n) is 12.1. The summed E-state index contributed by atoms with van der Waals surface area (Å²) in [5.41, 5.74) is 1.69. The number of nitrogens with zero attached hydrogens (tertiary/aromatic N) is 1. The van der Waals surface area contributed by atoms with Gasteiger partial charge in [-0.3, -0.25) is 4.79 Å². The third kappa shape index (κ3) is 3.67. The Morgan fingerprint density at radius 3 is 2.35 bits per heavy atom. The molecule has 2 atom stereocenters. The van der Waals surface area contributed by atoms with Crippen LogP contribution in [0.1, 0.15) is 26.3 Å². The first-order chi connectivity index (χ1) is 9.45. The minimum Gasteiger partial charge on any atom is -0.372 e. The number of amides is 1. The van der Waals surface area contributed by atoms with Crippen LogP contribution in [0.15, 0.2) is 30.3 Å². The fourth-order valence-corrected chi connectivity index (χ4v) is 2.43.